The molecule has 2 amide bonds. The largest absolute Gasteiger partial charge is 0.481 e. The van der Waals surface area contributed by atoms with E-state index in [0.717, 1.165) is 30.9 Å². The first-order valence-corrected chi connectivity index (χ1v) is 9.27. The Morgan fingerprint density at radius 1 is 1.04 bits per heavy atom. The van der Waals surface area contributed by atoms with E-state index in [4.69, 9.17) is 5.11 Å². The molecular formula is C19H27N3O3. The Kier molecular flexibility index (Phi) is 5.79. The second-order valence-electron chi connectivity index (χ2n) is 7.01. The van der Waals surface area contributed by atoms with E-state index in [1.54, 1.807) is 4.90 Å². The summed E-state index contributed by atoms with van der Waals surface area (Å²) in [5.74, 6) is -1.27. The lowest BCUT2D eigenvalue weighted by atomic mass is 9.99. The van der Waals surface area contributed by atoms with E-state index in [-0.39, 0.29) is 12.6 Å². The molecule has 0 bridgehead atoms. The fraction of sp³-hybridized carbons (Fsp3) is 0.579. The van der Waals surface area contributed by atoms with Gasteiger partial charge in [-0.25, -0.2) is 4.79 Å². The number of hydrogen-bond acceptors (Lipinski definition) is 3. The number of amides is 2. The first-order chi connectivity index (χ1) is 12.1. The van der Waals surface area contributed by atoms with Gasteiger partial charge in [-0.2, -0.15) is 0 Å². The number of nitrogens with zero attached hydrogens (tertiary/aromatic N) is 2. The highest BCUT2D eigenvalue weighted by atomic mass is 16.4. The molecule has 0 aromatic heterocycles. The molecule has 2 aliphatic rings. The fourth-order valence-corrected chi connectivity index (χ4v) is 3.67. The van der Waals surface area contributed by atoms with Gasteiger partial charge in [-0.15, -0.1) is 0 Å². The minimum absolute atomic E-state index is 0.209. The van der Waals surface area contributed by atoms with E-state index < -0.39 is 11.9 Å². The zero-order valence-corrected chi connectivity index (χ0v) is 14.6. The molecule has 25 heavy (non-hydrogen) atoms. The van der Waals surface area contributed by atoms with Crippen LogP contribution in [0.1, 0.15) is 38.5 Å². The molecule has 1 atom stereocenters. The van der Waals surface area contributed by atoms with Crippen molar-refractivity contribution in [3.63, 3.8) is 0 Å². The van der Waals surface area contributed by atoms with Crippen LogP contribution in [0.15, 0.2) is 24.3 Å². The quantitative estimate of drug-likeness (QED) is 0.881. The Morgan fingerprint density at radius 2 is 1.80 bits per heavy atom. The Bertz CT molecular complexity index is 612. The van der Waals surface area contributed by atoms with Crippen molar-refractivity contribution in [1.29, 1.82) is 0 Å². The number of nitrogens with one attached hydrogen (secondary N) is 1. The van der Waals surface area contributed by atoms with Crippen LogP contribution in [0, 0.1) is 5.92 Å². The van der Waals surface area contributed by atoms with E-state index in [1.165, 1.54) is 25.7 Å². The highest BCUT2D eigenvalue weighted by molar-refractivity contribution is 5.90. The Labute approximate surface area is 148 Å². The number of carbonyl (C=O) groups excluding carboxylic acids is 1. The third-order valence-corrected chi connectivity index (χ3v) is 5.13. The summed E-state index contributed by atoms with van der Waals surface area (Å²) >= 11 is 0. The number of hydrogen-bond donors (Lipinski definition) is 2. The van der Waals surface area contributed by atoms with Crippen molar-refractivity contribution >= 4 is 23.4 Å². The molecule has 136 valence electrons. The van der Waals surface area contributed by atoms with Gasteiger partial charge < -0.3 is 20.2 Å². The Balaban J connectivity index is 1.63. The summed E-state index contributed by atoms with van der Waals surface area (Å²) in [5, 5.41) is 12.1. The van der Waals surface area contributed by atoms with Gasteiger partial charge in [-0.3, -0.25) is 4.79 Å². The number of urea groups is 1. The maximum atomic E-state index is 12.5. The number of anilines is 2. The first kappa shape index (κ1) is 17.6. The van der Waals surface area contributed by atoms with E-state index in [2.05, 4.69) is 16.3 Å². The molecule has 6 heteroatoms. The number of carbonyl (C=O) groups is 2. The van der Waals surface area contributed by atoms with Crippen LogP contribution in [0.5, 0.6) is 0 Å². The Hall–Kier alpha value is -2.24. The lowest BCUT2D eigenvalue weighted by Crippen LogP contribution is -2.44. The average molecular weight is 345 g/mol. The molecule has 2 saturated heterocycles. The molecule has 2 fully saturated rings. The summed E-state index contributed by atoms with van der Waals surface area (Å²) in [6, 6.07) is 7.74. The summed E-state index contributed by atoms with van der Waals surface area (Å²) in [7, 11) is 0. The van der Waals surface area contributed by atoms with Gasteiger partial charge in [0, 0.05) is 37.6 Å². The molecule has 0 radical (unpaired) electrons. The van der Waals surface area contributed by atoms with Crippen molar-refractivity contribution in [2.45, 2.75) is 38.5 Å². The zero-order chi connectivity index (χ0) is 17.6. The molecule has 0 saturated carbocycles. The maximum absolute atomic E-state index is 12.5. The van der Waals surface area contributed by atoms with E-state index in [9.17, 15) is 9.59 Å². The van der Waals surface area contributed by atoms with Crippen LogP contribution < -0.4 is 10.2 Å². The van der Waals surface area contributed by atoms with E-state index in [0.29, 0.717) is 13.0 Å². The summed E-state index contributed by atoms with van der Waals surface area (Å²) in [6.07, 6.45) is 6.36. The van der Waals surface area contributed by atoms with Crippen molar-refractivity contribution in [2.75, 3.05) is 36.4 Å². The van der Waals surface area contributed by atoms with Gasteiger partial charge in [-0.1, -0.05) is 18.9 Å². The highest BCUT2D eigenvalue weighted by Crippen LogP contribution is 2.24. The van der Waals surface area contributed by atoms with Crippen LogP contribution in [0.3, 0.4) is 0 Å². The van der Waals surface area contributed by atoms with Crippen LogP contribution in [0.25, 0.3) is 0 Å². The molecule has 2 heterocycles. The SMILES string of the molecule is O=C(O)C1CCCN(C(=O)Nc2cccc(N3CCCCCC3)c2)C1. The van der Waals surface area contributed by atoms with Gasteiger partial charge in [0.2, 0.25) is 0 Å². The fourth-order valence-electron chi connectivity index (χ4n) is 3.67. The average Bonchev–Trinajstić information content (AvgIpc) is 2.91. The number of carboxylic acids is 1. The summed E-state index contributed by atoms with van der Waals surface area (Å²) in [4.78, 5) is 27.6. The van der Waals surface area contributed by atoms with Gasteiger partial charge in [-0.05, 0) is 43.9 Å². The minimum atomic E-state index is -0.819. The molecule has 6 nitrogen and oxygen atoms in total. The van der Waals surface area contributed by atoms with Gasteiger partial charge in [0.15, 0.2) is 0 Å². The van der Waals surface area contributed by atoms with E-state index >= 15 is 0 Å². The van der Waals surface area contributed by atoms with Crippen LogP contribution in [-0.2, 0) is 4.79 Å². The van der Waals surface area contributed by atoms with Crippen molar-refractivity contribution < 1.29 is 14.7 Å². The number of rotatable bonds is 3. The topological polar surface area (TPSA) is 72.9 Å². The van der Waals surface area contributed by atoms with Crippen LogP contribution in [0.4, 0.5) is 16.2 Å². The highest BCUT2D eigenvalue weighted by Gasteiger charge is 2.28. The Morgan fingerprint density at radius 3 is 2.52 bits per heavy atom. The standard InChI is InChI=1S/C19H27N3O3/c23-18(24)15-7-6-12-22(14-15)19(25)20-16-8-5-9-17(13-16)21-10-3-1-2-4-11-21/h5,8-9,13,15H,1-4,6-7,10-12,14H2,(H,20,25)(H,23,24). The van der Waals surface area contributed by atoms with Crippen LogP contribution >= 0.6 is 0 Å². The van der Waals surface area contributed by atoms with Gasteiger partial charge in [0.05, 0.1) is 5.92 Å². The molecule has 3 rings (SSSR count). The number of likely N-dealkylation sites (tertiary alicyclic amines) is 1. The lowest BCUT2D eigenvalue weighted by molar-refractivity contribution is -0.143. The van der Waals surface area contributed by atoms with Crippen molar-refractivity contribution in [2.24, 2.45) is 5.92 Å². The lowest BCUT2D eigenvalue weighted by Gasteiger charge is -2.31. The number of piperidine rings is 1. The second-order valence-corrected chi connectivity index (χ2v) is 7.01. The van der Waals surface area contributed by atoms with Crippen molar-refractivity contribution in [1.82, 2.24) is 4.90 Å². The molecule has 2 N–H and O–H groups in total. The third-order valence-electron chi connectivity index (χ3n) is 5.13. The monoisotopic (exact) mass is 345 g/mol. The van der Waals surface area contributed by atoms with E-state index in [1.807, 2.05) is 18.2 Å². The zero-order valence-electron chi connectivity index (χ0n) is 14.6. The first-order valence-electron chi connectivity index (χ1n) is 9.27. The minimum Gasteiger partial charge on any atom is -0.481 e. The molecule has 0 aliphatic carbocycles. The maximum Gasteiger partial charge on any atom is 0.321 e. The van der Waals surface area contributed by atoms with Crippen molar-refractivity contribution in [3.05, 3.63) is 24.3 Å². The summed E-state index contributed by atoms with van der Waals surface area (Å²) < 4.78 is 0. The second kappa shape index (κ2) is 8.23. The van der Waals surface area contributed by atoms with Gasteiger partial charge in [0.1, 0.15) is 0 Å². The molecule has 1 aromatic rings. The third kappa shape index (κ3) is 4.65. The smallest absolute Gasteiger partial charge is 0.321 e. The van der Waals surface area contributed by atoms with Crippen molar-refractivity contribution in [3.8, 4) is 0 Å². The van der Waals surface area contributed by atoms with Gasteiger partial charge in [0.25, 0.3) is 0 Å². The summed E-state index contributed by atoms with van der Waals surface area (Å²) in [6.45, 7) is 3.02. The number of carboxylic acid groups (broad SMARTS) is 1. The summed E-state index contributed by atoms with van der Waals surface area (Å²) in [5.41, 5.74) is 1.91. The molecule has 1 aromatic carbocycles. The molecule has 1 unspecified atom stereocenters. The number of benzene rings is 1. The predicted molar refractivity (Wildman–Crippen MR) is 98.1 cm³/mol. The predicted octanol–water partition coefficient (Wildman–Crippen LogP) is 3.40. The molecule has 2 aliphatic heterocycles. The normalized spacial score (nSPS) is 21.5. The number of aliphatic carboxylic acids is 1. The van der Waals surface area contributed by atoms with Crippen LogP contribution in [0.2, 0.25) is 0 Å². The van der Waals surface area contributed by atoms with Gasteiger partial charge >= 0.3 is 12.0 Å². The van der Waals surface area contributed by atoms with Crippen LogP contribution in [-0.4, -0.2) is 48.2 Å². The molecule has 0 spiro atoms. The molecular weight excluding hydrogens is 318 g/mol.